The van der Waals surface area contributed by atoms with E-state index in [9.17, 15) is 26.7 Å². The van der Waals surface area contributed by atoms with Crippen molar-refractivity contribution >= 4 is 23.2 Å². The summed E-state index contributed by atoms with van der Waals surface area (Å²) < 4.78 is 72.2. The molecule has 1 atom stereocenters. The number of hydrogen-bond acceptors (Lipinski definition) is 8. The molecule has 6 rings (SSSR count). The van der Waals surface area contributed by atoms with E-state index in [2.05, 4.69) is 30.2 Å². The van der Waals surface area contributed by atoms with Crippen LogP contribution in [0.3, 0.4) is 0 Å². The zero-order valence-corrected chi connectivity index (χ0v) is 20.8. The van der Waals surface area contributed by atoms with Crippen molar-refractivity contribution in [2.24, 2.45) is 5.92 Å². The molecule has 1 saturated carbocycles. The summed E-state index contributed by atoms with van der Waals surface area (Å²) in [6.45, 7) is 0. The van der Waals surface area contributed by atoms with Crippen LogP contribution in [0.25, 0.3) is 17.2 Å². The van der Waals surface area contributed by atoms with Crippen molar-refractivity contribution in [3.05, 3.63) is 53.9 Å². The van der Waals surface area contributed by atoms with Gasteiger partial charge in [0.15, 0.2) is 11.5 Å². The topological polar surface area (TPSA) is 133 Å². The summed E-state index contributed by atoms with van der Waals surface area (Å²) in [5.41, 5.74) is 6.10. The van der Waals surface area contributed by atoms with E-state index in [1.807, 2.05) is 0 Å². The van der Waals surface area contributed by atoms with Gasteiger partial charge in [0.25, 0.3) is 0 Å². The van der Waals surface area contributed by atoms with Crippen molar-refractivity contribution in [1.82, 2.24) is 29.3 Å². The lowest BCUT2D eigenvalue weighted by atomic mass is 9.74. The fraction of sp³-hybridized carbons (Fsp3) is 0.360. The molecule has 1 aliphatic heterocycles. The molecule has 5 heterocycles. The molecule has 1 fully saturated rings. The van der Waals surface area contributed by atoms with Gasteiger partial charge in [0.2, 0.25) is 5.91 Å². The fourth-order valence-electron chi connectivity index (χ4n) is 5.17. The number of anilines is 2. The molecule has 40 heavy (non-hydrogen) atoms. The minimum Gasteiger partial charge on any atom is -0.495 e. The number of imidazole rings is 1. The first-order valence-corrected chi connectivity index (χ1v) is 12.2. The Balaban J connectivity index is 1.43. The molecule has 0 spiro atoms. The lowest BCUT2D eigenvalue weighted by Gasteiger charge is -2.27. The zero-order valence-electron chi connectivity index (χ0n) is 20.8. The van der Waals surface area contributed by atoms with Crippen molar-refractivity contribution in [1.29, 1.82) is 0 Å². The summed E-state index contributed by atoms with van der Waals surface area (Å²) in [5, 5.41) is 2.78. The van der Waals surface area contributed by atoms with Gasteiger partial charge >= 0.3 is 12.1 Å². The van der Waals surface area contributed by atoms with Gasteiger partial charge in [-0.1, -0.05) is 0 Å². The number of carbonyl (C=O) groups is 1. The van der Waals surface area contributed by atoms with Crippen LogP contribution in [-0.2, 0) is 16.6 Å². The third-order valence-corrected chi connectivity index (χ3v) is 7.25. The van der Waals surface area contributed by atoms with Crippen LogP contribution in [0.1, 0.15) is 36.2 Å². The zero-order chi connectivity index (χ0) is 28.4. The first kappa shape index (κ1) is 25.8. The molecule has 15 heteroatoms. The maximum atomic E-state index is 13.7. The number of alkyl halides is 5. The summed E-state index contributed by atoms with van der Waals surface area (Å²) in [7, 11) is 1.50. The van der Waals surface area contributed by atoms with Crippen LogP contribution in [0, 0.1) is 5.92 Å². The highest BCUT2D eigenvalue weighted by Crippen LogP contribution is 2.57. The molecule has 1 amide bonds. The van der Waals surface area contributed by atoms with Gasteiger partial charge < -0.3 is 20.2 Å². The first-order valence-electron chi connectivity index (χ1n) is 12.2. The van der Waals surface area contributed by atoms with E-state index in [-0.39, 0.29) is 46.3 Å². The van der Waals surface area contributed by atoms with Crippen LogP contribution < -0.4 is 15.8 Å². The van der Waals surface area contributed by atoms with Crippen LogP contribution in [0.2, 0.25) is 0 Å². The number of nitrogens with two attached hydrogens (primary N) is 1. The van der Waals surface area contributed by atoms with Gasteiger partial charge in [0, 0.05) is 25.0 Å². The summed E-state index contributed by atoms with van der Waals surface area (Å²) in [6, 6.07) is 3.38. The fourth-order valence-corrected chi connectivity index (χ4v) is 5.17. The Morgan fingerprint density at radius 2 is 1.93 bits per heavy atom. The Morgan fingerprint density at radius 3 is 2.58 bits per heavy atom. The number of carbonyl (C=O) groups excluding carboxylic acids is 1. The number of pyridine rings is 1. The van der Waals surface area contributed by atoms with Crippen molar-refractivity contribution in [2.75, 3.05) is 18.2 Å². The highest BCUT2D eigenvalue weighted by molar-refractivity contribution is 6.09. The number of nitrogens with one attached hydrogen (secondary N) is 1. The highest BCUT2D eigenvalue weighted by Gasteiger charge is 2.60. The third-order valence-electron chi connectivity index (χ3n) is 7.25. The van der Waals surface area contributed by atoms with Crippen molar-refractivity contribution < 1.29 is 31.5 Å². The number of halogens is 5. The van der Waals surface area contributed by atoms with Crippen LogP contribution >= 0.6 is 0 Å². The van der Waals surface area contributed by atoms with Crippen molar-refractivity contribution in [3.63, 3.8) is 0 Å². The molecule has 0 radical (unpaired) electrons. The van der Waals surface area contributed by atoms with Crippen LogP contribution in [0.5, 0.6) is 5.75 Å². The Morgan fingerprint density at radius 1 is 1.15 bits per heavy atom. The van der Waals surface area contributed by atoms with E-state index in [1.165, 1.54) is 36.3 Å². The molecular weight excluding hydrogens is 539 g/mol. The maximum Gasteiger partial charge on any atom is 0.453 e. The average Bonchev–Trinajstić information content (AvgIpc) is 3.56. The largest absolute Gasteiger partial charge is 0.495 e. The van der Waals surface area contributed by atoms with E-state index in [1.54, 1.807) is 12.1 Å². The number of aryl methyl sites for hydroxylation is 1. The quantitative estimate of drug-likeness (QED) is 0.325. The number of nitrogen functional groups attached to an aromatic ring is 1. The monoisotopic (exact) mass is 560 g/mol. The van der Waals surface area contributed by atoms with Gasteiger partial charge in [-0.25, -0.2) is 19.9 Å². The molecule has 2 aliphatic rings. The maximum absolute atomic E-state index is 13.7. The smallest absolute Gasteiger partial charge is 0.453 e. The van der Waals surface area contributed by atoms with Crippen LogP contribution in [0.4, 0.5) is 33.6 Å². The van der Waals surface area contributed by atoms with Gasteiger partial charge in [0.1, 0.15) is 28.5 Å². The number of rotatable bonds is 7. The standard InChI is InChI=1S/C25H21F5N8O2/c1-40-13-4-5-16(33-10-13)24(12-2-3-12)17-18(31)35-19(36-20(17)37-22(24)39)15-11-38-9-8-32-21(38)14(34-15)6-7-23(26,27)25(28,29)30/h4-5,8-12H,2-3,6-7H2,1H3,(H3,31,35,36,37,39). The summed E-state index contributed by atoms with van der Waals surface area (Å²) in [5.74, 6) is -4.77. The van der Waals surface area contributed by atoms with E-state index in [0.717, 1.165) is 12.8 Å². The van der Waals surface area contributed by atoms with Gasteiger partial charge in [0.05, 0.1) is 30.3 Å². The Labute approximate surface area is 222 Å². The number of aromatic nitrogens is 6. The van der Waals surface area contributed by atoms with E-state index in [4.69, 9.17) is 10.5 Å². The van der Waals surface area contributed by atoms with E-state index in [0.29, 0.717) is 17.0 Å². The number of methoxy groups -OCH3 is 1. The predicted molar refractivity (Wildman–Crippen MR) is 131 cm³/mol. The Bertz CT molecular complexity index is 1630. The normalized spacial score (nSPS) is 19.1. The minimum absolute atomic E-state index is 0.0134. The molecule has 0 saturated heterocycles. The van der Waals surface area contributed by atoms with Gasteiger partial charge in [-0.05, 0) is 37.3 Å². The number of nitrogens with zero attached hydrogens (tertiary/aromatic N) is 6. The minimum atomic E-state index is -5.70. The second-order valence-electron chi connectivity index (χ2n) is 9.71. The summed E-state index contributed by atoms with van der Waals surface area (Å²) >= 11 is 0. The van der Waals surface area contributed by atoms with Crippen LogP contribution in [0.15, 0.2) is 36.9 Å². The molecule has 10 nitrogen and oxygen atoms in total. The lowest BCUT2D eigenvalue weighted by molar-refractivity contribution is -0.284. The molecular formula is C25H21F5N8O2. The predicted octanol–water partition coefficient (Wildman–Crippen LogP) is 3.95. The van der Waals surface area contributed by atoms with E-state index >= 15 is 0 Å². The number of hydrogen-bond donors (Lipinski definition) is 2. The highest BCUT2D eigenvalue weighted by atomic mass is 19.4. The molecule has 4 aromatic heterocycles. The molecule has 1 aliphatic carbocycles. The number of fused-ring (bicyclic) bond motifs is 2. The number of ether oxygens (including phenoxy) is 1. The van der Waals surface area contributed by atoms with Crippen LogP contribution in [-0.4, -0.2) is 54.4 Å². The SMILES string of the molecule is COc1ccc(C2(C3CC3)C(=O)Nc3nc(-c4cn5ccnc5c(CCC(F)(F)C(F)(F)F)n4)nc(N)c32)nc1. The molecule has 1 unspecified atom stereocenters. The van der Waals surface area contributed by atoms with Gasteiger partial charge in [-0.3, -0.25) is 9.78 Å². The van der Waals surface area contributed by atoms with Gasteiger partial charge in [-0.2, -0.15) is 22.0 Å². The van der Waals surface area contributed by atoms with Crippen molar-refractivity contribution in [3.8, 4) is 17.3 Å². The lowest BCUT2D eigenvalue weighted by Crippen LogP contribution is -2.39. The molecule has 0 aromatic carbocycles. The summed E-state index contributed by atoms with van der Waals surface area (Å²) in [4.78, 5) is 35.2. The Kier molecular flexibility index (Phi) is 5.68. The second-order valence-corrected chi connectivity index (χ2v) is 9.71. The average molecular weight is 560 g/mol. The number of amides is 1. The Hall–Kier alpha value is -4.43. The molecule has 208 valence electrons. The van der Waals surface area contributed by atoms with E-state index < -0.39 is 30.4 Å². The second kappa shape index (κ2) is 8.79. The third kappa shape index (κ3) is 3.90. The molecule has 0 bridgehead atoms. The first-order chi connectivity index (χ1) is 19.0. The molecule has 3 N–H and O–H groups in total. The van der Waals surface area contributed by atoms with Gasteiger partial charge in [-0.15, -0.1) is 0 Å². The molecule has 4 aromatic rings. The van der Waals surface area contributed by atoms with Crippen molar-refractivity contribution in [2.45, 2.75) is 43.2 Å². The summed E-state index contributed by atoms with van der Waals surface area (Å²) in [6.07, 6.45) is -0.621.